The average molecular weight is 449 g/mol. The second-order valence-electron chi connectivity index (χ2n) is 9.72. The molecule has 0 radical (unpaired) electrons. The fraction of sp³-hybridized carbons (Fsp3) is 0.556. The van der Waals surface area contributed by atoms with E-state index in [4.69, 9.17) is 4.98 Å². The molecular formula is C27H36N4O2. The van der Waals surface area contributed by atoms with Crippen molar-refractivity contribution in [1.29, 1.82) is 0 Å². The lowest BCUT2D eigenvalue weighted by molar-refractivity contribution is -0.134. The molecule has 1 aliphatic carbocycles. The van der Waals surface area contributed by atoms with Crippen LogP contribution in [0.2, 0.25) is 0 Å². The van der Waals surface area contributed by atoms with Gasteiger partial charge in [-0.05, 0) is 69.6 Å². The zero-order valence-corrected chi connectivity index (χ0v) is 20.2. The highest BCUT2D eigenvalue weighted by atomic mass is 16.2. The van der Waals surface area contributed by atoms with Crippen LogP contribution in [0.15, 0.2) is 24.4 Å². The smallest absolute Gasteiger partial charge is 0.255 e. The monoisotopic (exact) mass is 448 g/mol. The number of carbonyl (C=O) groups excluding carboxylic acids is 2. The third-order valence-corrected chi connectivity index (χ3v) is 7.19. The molecule has 1 aromatic carbocycles. The molecule has 0 bridgehead atoms. The fourth-order valence-electron chi connectivity index (χ4n) is 5.13. The summed E-state index contributed by atoms with van der Waals surface area (Å²) >= 11 is 0. The Morgan fingerprint density at radius 3 is 2.52 bits per heavy atom. The van der Waals surface area contributed by atoms with Crippen LogP contribution in [0.5, 0.6) is 0 Å². The maximum atomic E-state index is 13.4. The Hall–Kier alpha value is -2.76. The summed E-state index contributed by atoms with van der Waals surface area (Å²) in [6.45, 7) is 6.70. The Bertz CT molecular complexity index is 1010. The van der Waals surface area contributed by atoms with Gasteiger partial charge in [-0.2, -0.15) is 0 Å². The van der Waals surface area contributed by atoms with Crippen LogP contribution in [-0.4, -0.2) is 39.3 Å². The van der Waals surface area contributed by atoms with E-state index in [2.05, 4.69) is 36.3 Å². The zero-order valence-electron chi connectivity index (χ0n) is 20.2. The van der Waals surface area contributed by atoms with Crippen molar-refractivity contribution in [2.24, 2.45) is 0 Å². The lowest BCUT2D eigenvalue weighted by atomic mass is 9.93. The normalized spacial score (nSPS) is 19.4. The van der Waals surface area contributed by atoms with Crippen molar-refractivity contribution in [3.63, 3.8) is 0 Å². The minimum atomic E-state index is -0.188. The number of nitrogens with one attached hydrogen (secondary N) is 1. The second kappa shape index (κ2) is 10.4. The van der Waals surface area contributed by atoms with E-state index in [9.17, 15) is 9.59 Å². The van der Waals surface area contributed by atoms with Gasteiger partial charge in [-0.1, -0.05) is 37.5 Å². The highest BCUT2D eigenvalue weighted by Gasteiger charge is 2.32. The van der Waals surface area contributed by atoms with E-state index in [0.29, 0.717) is 30.0 Å². The highest BCUT2D eigenvalue weighted by Crippen LogP contribution is 2.32. The fourth-order valence-corrected chi connectivity index (χ4v) is 5.13. The molecule has 1 atom stereocenters. The summed E-state index contributed by atoms with van der Waals surface area (Å²) in [7, 11) is 0. The van der Waals surface area contributed by atoms with Crippen LogP contribution in [0.25, 0.3) is 0 Å². The molecule has 1 saturated carbocycles. The van der Waals surface area contributed by atoms with Gasteiger partial charge in [0.25, 0.3) is 5.91 Å². The van der Waals surface area contributed by atoms with E-state index < -0.39 is 0 Å². The lowest BCUT2D eigenvalue weighted by Gasteiger charge is -2.36. The van der Waals surface area contributed by atoms with Gasteiger partial charge in [0.15, 0.2) is 0 Å². The molecule has 2 aliphatic rings. The van der Waals surface area contributed by atoms with Crippen LogP contribution in [0.3, 0.4) is 0 Å². The highest BCUT2D eigenvalue weighted by molar-refractivity contribution is 5.95. The third-order valence-electron chi connectivity index (χ3n) is 7.19. The number of piperidine rings is 1. The quantitative estimate of drug-likeness (QED) is 0.716. The van der Waals surface area contributed by atoms with Crippen molar-refractivity contribution in [3.8, 4) is 0 Å². The number of amides is 2. The van der Waals surface area contributed by atoms with Crippen molar-refractivity contribution in [1.82, 2.24) is 20.2 Å². The van der Waals surface area contributed by atoms with E-state index >= 15 is 0 Å². The number of rotatable bonds is 5. The average Bonchev–Trinajstić information content (AvgIpc) is 2.82. The Kier molecular flexibility index (Phi) is 7.41. The molecule has 2 aromatic rings. The van der Waals surface area contributed by atoms with Gasteiger partial charge >= 0.3 is 0 Å². The van der Waals surface area contributed by atoms with Crippen LogP contribution in [-0.2, 0) is 11.2 Å². The van der Waals surface area contributed by atoms with Gasteiger partial charge in [0.2, 0.25) is 5.91 Å². The van der Waals surface area contributed by atoms with Crippen molar-refractivity contribution in [3.05, 3.63) is 58.2 Å². The number of hydrogen-bond donors (Lipinski definition) is 1. The van der Waals surface area contributed by atoms with Gasteiger partial charge in [-0.25, -0.2) is 9.97 Å². The summed E-state index contributed by atoms with van der Waals surface area (Å²) in [6, 6.07) is 6.25. The maximum Gasteiger partial charge on any atom is 0.255 e. The zero-order chi connectivity index (χ0) is 23.4. The third kappa shape index (κ3) is 5.60. The van der Waals surface area contributed by atoms with Crippen molar-refractivity contribution < 1.29 is 9.59 Å². The topological polar surface area (TPSA) is 75.2 Å². The molecule has 2 heterocycles. The van der Waals surface area contributed by atoms with Gasteiger partial charge < -0.3 is 10.2 Å². The van der Waals surface area contributed by atoms with Gasteiger partial charge in [-0.15, -0.1) is 0 Å². The number of benzene rings is 1. The Balaban J connectivity index is 1.57. The SMILES string of the molecule is Cc1ncc(C(=O)NC2CCCCC2)c([C@H]2CCCCN2C(=O)Cc2ccc(C)c(C)c2)n1. The standard InChI is InChI=1S/C27H36N4O2/c1-18-12-13-21(15-19(18)2)16-25(32)31-14-8-7-11-24(31)26-23(17-28-20(3)29-26)27(33)30-22-9-5-4-6-10-22/h12-13,15,17,22,24H,4-11,14,16H2,1-3H3,(H,30,33)/t24-/m1/s1. The number of aryl methyl sites for hydroxylation is 3. The van der Waals surface area contributed by atoms with E-state index in [1.165, 1.54) is 17.5 Å². The molecule has 0 unspecified atom stereocenters. The Morgan fingerprint density at radius 2 is 1.76 bits per heavy atom. The molecular weight excluding hydrogens is 412 g/mol. The predicted octanol–water partition coefficient (Wildman–Crippen LogP) is 4.76. The first-order chi connectivity index (χ1) is 15.9. The minimum absolute atomic E-state index is 0.0952. The molecule has 2 amide bonds. The van der Waals surface area contributed by atoms with E-state index in [1.54, 1.807) is 6.20 Å². The van der Waals surface area contributed by atoms with Crippen LogP contribution in [0.1, 0.15) is 96.0 Å². The predicted molar refractivity (Wildman–Crippen MR) is 129 cm³/mol. The summed E-state index contributed by atoms with van der Waals surface area (Å²) in [6.07, 6.45) is 10.4. The van der Waals surface area contributed by atoms with Crippen molar-refractivity contribution in [2.75, 3.05) is 6.54 Å². The first kappa shape index (κ1) is 23.4. The summed E-state index contributed by atoms with van der Waals surface area (Å²) in [5.74, 6) is 0.619. The molecule has 6 heteroatoms. The van der Waals surface area contributed by atoms with Crippen LogP contribution in [0, 0.1) is 20.8 Å². The van der Waals surface area contributed by atoms with E-state index in [0.717, 1.165) is 50.5 Å². The number of likely N-dealkylation sites (tertiary alicyclic amines) is 1. The largest absolute Gasteiger partial charge is 0.349 e. The van der Waals surface area contributed by atoms with Gasteiger partial charge in [0.1, 0.15) is 5.82 Å². The number of hydrogen-bond acceptors (Lipinski definition) is 4. The maximum absolute atomic E-state index is 13.4. The number of carbonyl (C=O) groups is 2. The molecule has 1 N–H and O–H groups in total. The van der Waals surface area contributed by atoms with Gasteiger partial charge in [0.05, 0.1) is 23.7 Å². The molecule has 1 saturated heterocycles. The van der Waals surface area contributed by atoms with Crippen molar-refractivity contribution >= 4 is 11.8 Å². The first-order valence-corrected chi connectivity index (χ1v) is 12.4. The van der Waals surface area contributed by atoms with Crippen molar-refractivity contribution in [2.45, 2.75) is 90.6 Å². The van der Waals surface area contributed by atoms with E-state index in [-0.39, 0.29) is 23.9 Å². The van der Waals surface area contributed by atoms with Crippen LogP contribution in [0.4, 0.5) is 0 Å². The Labute approximate surface area is 197 Å². The molecule has 176 valence electrons. The van der Waals surface area contributed by atoms with Gasteiger partial charge in [-0.3, -0.25) is 9.59 Å². The summed E-state index contributed by atoms with van der Waals surface area (Å²) in [4.78, 5) is 37.6. The second-order valence-corrected chi connectivity index (χ2v) is 9.72. The van der Waals surface area contributed by atoms with Crippen LogP contribution >= 0.6 is 0 Å². The molecule has 4 rings (SSSR count). The number of aromatic nitrogens is 2. The molecule has 6 nitrogen and oxygen atoms in total. The summed E-state index contributed by atoms with van der Waals surface area (Å²) in [5, 5.41) is 3.21. The number of nitrogens with zero attached hydrogens (tertiary/aromatic N) is 3. The Morgan fingerprint density at radius 1 is 1.00 bits per heavy atom. The molecule has 1 aliphatic heterocycles. The molecule has 33 heavy (non-hydrogen) atoms. The molecule has 1 aromatic heterocycles. The first-order valence-electron chi connectivity index (χ1n) is 12.4. The minimum Gasteiger partial charge on any atom is -0.349 e. The molecule has 0 spiro atoms. The van der Waals surface area contributed by atoms with Gasteiger partial charge in [0, 0.05) is 18.8 Å². The lowest BCUT2D eigenvalue weighted by Crippen LogP contribution is -2.42. The van der Waals surface area contributed by atoms with E-state index in [1.807, 2.05) is 17.9 Å². The molecule has 2 fully saturated rings. The van der Waals surface area contributed by atoms with Crippen LogP contribution < -0.4 is 5.32 Å². The summed E-state index contributed by atoms with van der Waals surface area (Å²) in [5.41, 5.74) is 4.67. The summed E-state index contributed by atoms with van der Waals surface area (Å²) < 4.78 is 0.